The molecule has 2 atom stereocenters. The van der Waals surface area contributed by atoms with E-state index in [-0.39, 0.29) is 12.2 Å². The van der Waals surface area contributed by atoms with Crippen molar-refractivity contribution in [2.24, 2.45) is 5.73 Å². The first-order chi connectivity index (χ1) is 27.7. The van der Waals surface area contributed by atoms with Gasteiger partial charge in [0.1, 0.15) is 0 Å². The zero-order chi connectivity index (χ0) is 37.2. The summed E-state index contributed by atoms with van der Waals surface area (Å²) in [5, 5.41) is 16.4. The Balaban J connectivity index is 1.05. The normalized spacial score (nSPS) is 13.3. The third-order valence-corrected chi connectivity index (χ3v) is 11.9. The molecule has 1 aliphatic rings. The van der Waals surface area contributed by atoms with Crippen LogP contribution in [-0.2, 0) is 0 Å². The predicted molar refractivity (Wildman–Crippen MR) is 239 cm³/mol. The molecule has 11 rings (SSSR count). The highest BCUT2D eigenvalue weighted by molar-refractivity contribution is 6.22. The van der Waals surface area contributed by atoms with Crippen molar-refractivity contribution in [1.29, 1.82) is 0 Å². The van der Waals surface area contributed by atoms with Crippen LogP contribution in [0.4, 0.5) is 0 Å². The number of nitrogens with one attached hydrogen (secondary N) is 1. The first-order valence-electron chi connectivity index (χ1n) is 19.5. The zero-order valence-electron chi connectivity index (χ0n) is 30.8. The maximum Gasteiger partial charge on any atom is 0.0817 e. The Kier molecular flexibility index (Phi) is 7.67. The van der Waals surface area contributed by atoms with E-state index in [1.807, 2.05) is 18.2 Å². The zero-order valence-corrected chi connectivity index (χ0v) is 30.8. The Morgan fingerprint density at radius 1 is 0.393 bits per heavy atom. The van der Waals surface area contributed by atoms with Crippen molar-refractivity contribution in [3.63, 3.8) is 0 Å². The molecule has 0 fully saturated rings. The van der Waals surface area contributed by atoms with Crippen LogP contribution in [0, 0.1) is 0 Å². The molecule has 0 saturated carbocycles. The first kappa shape index (κ1) is 32.6. The number of hydrogen-bond acceptors (Lipinski definition) is 2. The number of rotatable bonds is 7. The van der Waals surface area contributed by atoms with Crippen molar-refractivity contribution in [2.45, 2.75) is 12.2 Å². The molecule has 2 heteroatoms. The van der Waals surface area contributed by atoms with Gasteiger partial charge in [-0.15, -0.1) is 0 Å². The molecule has 0 heterocycles. The molecule has 10 aromatic rings. The number of benzene rings is 10. The SMILES string of the molecule is NC(NC(/C=C/c1ccc(-c2c3ccccc3cc3c2ccc2ccccc23)c2ccccc12)c1ccc2c(c1)-c1cccc3cccc-2c13)c1ccccc1. The molecule has 0 saturated heterocycles. The third-order valence-electron chi connectivity index (χ3n) is 11.9. The maximum atomic E-state index is 6.90. The van der Waals surface area contributed by atoms with Gasteiger partial charge >= 0.3 is 0 Å². The summed E-state index contributed by atoms with van der Waals surface area (Å²) in [4.78, 5) is 0. The van der Waals surface area contributed by atoms with Gasteiger partial charge in [0.15, 0.2) is 0 Å². The standard InChI is InChI=1S/C54H38N2/c55-54(37-13-2-1-3-14-37)56-51(39-26-28-44-45-22-10-16-36-17-11-23-46(52(36)45)50(44)33-39)31-27-35-25-29-47(43-21-9-8-18-40(35)43)53-42-20-7-5-15-38(42)32-49-41-19-6-4-12-34(41)24-30-48(49)53/h1-33,51,54,56H,55H2/b31-27+. The van der Waals surface area contributed by atoms with Gasteiger partial charge in [0.25, 0.3) is 0 Å². The lowest BCUT2D eigenvalue weighted by molar-refractivity contribution is 0.509. The van der Waals surface area contributed by atoms with Crippen LogP contribution in [0.2, 0.25) is 0 Å². The monoisotopic (exact) mass is 714 g/mol. The molecule has 56 heavy (non-hydrogen) atoms. The quantitative estimate of drug-likeness (QED) is 0.0980. The van der Waals surface area contributed by atoms with E-state index in [1.54, 1.807) is 0 Å². The van der Waals surface area contributed by atoms with Gasteiger partial charge in [0.05, 0.1) is 12.2 Å². The van der Waals surface area contributed by atoms with Gasteiger partial charge < -0.3 is 5.73 Å². The van der Waals surface area contributed by atoms with Crippen LogP contribution in [-0.4, -0.2) is 0 Å². The van der Waals surface area contributed by atoms with Crippen molar-refractivity contribution >= 4 is 59.9 Å². The second-order valence-corrected chi connectivity index (χ2v) is 15.0. The number of nitrogens with two attached hydrogens (primary N) is 1. The third kappa shape index (κ3) is 5.26. The van der Waals surface area contributed by atoms with Crippen molar-refractivity contribution in [3.8, 4) is 33.4 Å². The van der Waals surface area contributed by atoms with Crippen molar-refractivity contribution in [2.75, 3.05) is 0 Å². The Morgan fingerprint density at radius 3 is 1.88 bits per heavy atom. The Hall–Kier alpha value is -6.84. The highest BCUT2D eigenvalue weighted by Gasteiger charge is 2.23. The summed E-state index contributed by atoms with van der Waals surface area (Å²) in [6.07, 6.45) is 4.21. The minimum atomic E-state index is -0.352. The molecule has 0 aromatic heterocycles. The molecule has 0 bridgehead atoms. The summed E-state index contributed by atoms with van der Waals surface area (Å²) in [5.41, 5.74) is 18.0. The van der Waals surface area contributed by atoms with E-state index in [9.17, 15) is 0 Å². The van der Waals surface area contributed by atoms with Gasteiger partial charge in [-0.1, -0.05) is 188 Å². The molecule has 3 N–H and O–H groups in total. The summed E-state index contributed by atoms with van der Waals surface area (Å²) in [6.45, 7) is 0. The van der Waals surface area contributed by atoms with Crippen LogP contribution < -0.4 is 11.1 Å². The lowest BCUT2D eigenvalue weighted by atomic mass is 9.87. The summed E-state index contributed by atoms with van der Waals surface area (Å²) in [7, 11) is 0. The molecule has 10 aromatic carbocycles. The lowest BCUT2D eigenvalue weighted by Gasteiger charge is -2.23. The Labute approximate surface area is 326 Å². The summed E-state index contributed by atoms with van der Waals surface area (Å²) < 4.78 is 0. The smallest absolute Gasteiger partial charge is 0.0817 e. The maximum absolute atomic E-state index is 6.90. The predicted octanol–water partition coefficient (Wildman–Crippen LogP) is 13.8. The largest absolute Gasteiger partial charge is 0.312 e. The molecule has 0 spiro atoms. The highest BCUT2D eigenvalue weighted by atomic mass is 15.0. The molecular weight excluding hydrogens is 677 g/mol. The molecule has 0 radical (unpaired) electrons. The van der Waals surface area contributed by atoms with Gasteiger partial charge in [-0.3, -0.25) is 5.32 Å². The Morgan fingerprint density at radius 2 is 1.05 bits per heavy atom. The molecule has 0 aliphatic heterocycles. The van der Waals surface area contributed by atoms with Gasteiger partial charge in [0.2, 0.25) is 0 Å². The van der Waals surface area contributed by atoms with Gasteiger partial charge in [-0.05, 0) is 116 Å². The average Bonchev–Trinajstić information content (AvgIpc) is 3.58. The molecule has 2 unspecified atom stereocenters. The van der Waals surface area contributed by atoms with Crippen LogP contribution in [0.15, 0.2) is 194 Å². The van der Waals surface area contributed by atoms with Crippen molar-refractivity contribution in [3.05, 3.63) is 211 Å². The second-order valence-electron chi connectivity index (χ2n) is 15.0. The summed E-state index contributed by atoms with van der Waals surface area (Å²) >= 11 is 0. The van der Waals surface area contributed by atoms with Crippen molar-refractivity contribution in [1.82, 2.24) is 5.32 Å². The van der Waals surface area contributed by atoms with E-state index in [4.69, 9.17) is 5.73 Å². The molecule has 2 nitrogen and oxygen atoms in total. The molecule has 264 valence electrons. The lowest BCUT2D eigenvalue weighted by Crippen LogP contribution is -2.31. The van der Waals surface area contributed by atoms with Gasteiger partial charge in [-0.25, -0.2) is 0 Å². The van der Waals surface area contributed by atoms with Crippen LogP contribution in [0.25, 0.3) is 93.3 Å². The molecule has 1 aliphatic carbocycles. The minimum absolute atomic E-state index is 0.146. The van der Waals surface area contributed by atoms with Crippen LogP contribution >= 0.6 is 0 Å². The second kappa shape index (κ2) is 13.2. The topological polar surface area (TPSA) is 38.0 Å². The van der Waals surface area contributed by atoms with Crippen LogP contribution in [0.1, 0.15) is 28.9 Å². The van der Waals surface area contributed by atoms with E-state index < -0.39 is 0 Å². The van der Waals surface area contributed by atoms with E-state index >= 15 is 0 Å². The average molecular weight is 715 g/mol. The Bertz CT molecular complexity index is 3190. The number of fused-ring (bicyclic) bond motifs is 8. The number of hydrogen-bond donors (Lipinski definition) is 2. The van der Waals surface area contributed by atoms with E-state index in [1.165, 1.54) is 92.8 Å². The molecule has 0 amide bonds. The van der Waals surface area contributed by atoms with Gasteiger partial charge in [0, 0.05) is 0 Å². The van der Waals surface area contributed by atoms with Gasteiger partial charge in [-0.2, -0.15) is 0 Å². The van der Waals surface area contributed by atoms with Crippen LogP contribution in [0.3, 0.4) is 0 Å². The fourth-order valence-corrected chi connectivity index (χ4v) is 9.21. The summed E-state index contributed by atoms with van der Waals surface area (Å²) in [6, 6.07) is 68.2. The van der Waals surface area contributed by atoms with E-state index in [2.05, 4.69) is 187 Å². The van der Waals surface area contributed by atoms with E-state index in [0.717, 1.165) is 11.1 Å². The highest BCUT2D eigenvalue weighted by Crippen LogP contribution is 2.48. The van der Waals surface area contributed by atoms with E-state index in [0.29, 0.717) is 0 Å². The summed E-state index contributed by atoms with van der Waals surface area (Å²) in [5.74, 6) is 0. The van der Waals surface area contributed by atoms with Crippen LogP contribution in [0.5, 0.6) is 0 Å². The molecular formula is C54H38N2. The fraction of sp³-hybridized carbons (Fsp3) is 0.0370. The first-order valence-corrected chi connectivity index (χ1v) is 19.5. The van der Waals surface area contributed by atoms with Crippen molar-refractivity contribution < 1.29 is 0 Å². The fourth-order valence-electron chi connectivity index (χ4n) is 9.21. The minimum Gasteiger partial charge on any atom is -0.312 e.